The molecular formula is C12H19NO2. The van der Waals surface area contributed by atoms with Crippen LogP contribution in [0.3, 0.4) is 0 Å². The Bertz CT molecular complexity index is 300. The third-order valence-corrected chi connectivity index (χ3v) is 2.28. The second-order valence-corrected chi connectivity index (χ2v) is 3.41. The Balaban J connectivity index is 2.78. The number of hydrogen-bond donors (Lipinski definition) is 2. The molecule has 0 unspecified atom stereocenters. The topological polar surface area (TPSA) is 55.5 Å². The number of rotatable bonds is 6. The number of aliphatic hydroxyl groups is 1. The molecule has 0 fully saturated rings. The molecule has 0 amide bonds. The van der Waals surface area contributed by atoms with Gasteiger partial charge in [0.25, 0.3) is 0 Å². The van der Waals surface area contributed by atoms with Crippen LogP contribution < -0.4 is 10.5 Å². The average molecular weight is 209 g/mol. The van der Waals surface area contributed by atoms with Crippen LogP contribution in [0.15, 0.2) is 18.2 Å². The Morgan fingerprint density at radius 3 is 2.80 bits per heavy atom. The molecule has 0 aromatic heterocycles. The summed E-state index contributed by atoms with van der Waals surface area (Å²) in [6, 6.07) is 6.03. The van der Waals surface area contributed by atoms with E-state index < -0.39 is 0 Å². The minimum Gasteiger partial charge on any atom is -0.492 e. The molecule has 84 valence electrons. The molecule has 0 radical (unpaired) electrons. The highest BCUT2D eigenvalue weighted by atomic mass is 16.5. The Labute approximate surface area is 90.9 Å². The molecule has 3 N–H and O–H groups in total. The molecule has 0 aliphatic heterocycles. The van der Waals surface area contributed by atoms with Crippen LogP contribution in [-0.4, -0.2) is 24.9 Å². The molecular weight excluding hydrogens is 190 g/mol. The van der Waals surface area contributed by atoms with Crippen molar-refractivity contribution < 1.29 is 9.84 Å². The summed E-state index contributed by atoms with van der Waals surface area (Å²) < 4.78 is 5.52. The first kappa shape index (κ1) is 12.0. The zero-order chi connectivity index (χ0) is 11.1. The summed E-state index contributed by atoms with van der Waals surface area (Å²) in [5.41, 5.74) is 7.71. The lowest BCUT2D eigenvalue weighted by Crippen LogP contribution is -2.11. The largest absolute Gasteiger partial charge is 0.492 e. The van der Waals surface area contributed by atoms with Crippen molar-refractivity contribution in [1.29, 1.82) is 0 Å². The Hall–Kier alpha value is -1.06. The van der Waals surface area contributed by atoms with E-state index in [9.17, 15) is 0 Å². The minimum absolute atomic E-state index is 0.187. The van der Waals surface area contributed by atoms with Crippen LogP contribution in [0.5, 0.6) is 5.75 Å². The fourth-order valence-electron chi connectivity index (χ4n) is 1.50. The van der Waals surface area contributed by atoms with Gasteiger partial charge in [-0.1, -0.05) is 19.1 Å². The quantitative estimate of drug-likeness (QED) is 0.738. The van der Waals surface area contributed by atoms with Crippen molar-refractivity contribution in [2.24, 2.45) is 5.73 Å². The first-order valence-corrected chi connectivity index (χ1v) is 5.37. The SMILES string of the molecule is CCc1cc(CCO)ccc1OCCN. The van der Waals surface area contributed by atoms with E-state index in [-0.39, 0.29) is 6.61 Å². The first-order valence-electron chi connectivity index (χ1n) is 5.37. The van der Waals surface area contributed by atoms with Crippen LogP contribution in [0.25, 0.3) is 0 Å². The molecule has 0 aliphatic carbocycles. The number of hydrogen-bond acceptors (Lipinski definition) is 3. The number of nitrogens with two attached hydrogens (primary N) is 1. The van der Waals surface area contributed by atoms with Gasteiger partial charge in [0, 0.05) is 13.2 Å². The van der Waals surface area contributed by atoms with Gasteiger partial charge in [-0.2, -0.15) is 0 Å². The lowest BCUT2D eigenvalue weighted by molar-refractivity contribution is 0.299. The van der Waals surface area contributed by atoms with Gasteiger partial charge in [0.2, 0.25) is 0 Å². The summed E-state index contributed by atoms with van der Waals surface area (Å²) in [5.74, 6) is 0.907. The molecule has 0 atom stereocenters. The normalized spacial score (nSPS) is 10.3. The van der Waals surface area contributed by atoms with Crippen molar-refractivity contribution in [1.82, 2.24) is 0 Å². The molecule has 1 aromatic rings. The van der Waals surface area contributed by atoms with Crippen molar-refractivity contribution in [3.05, 3.63) is 29.3 Å². The third kappa shape index (κ3) is 3.53. The van der Waals surface area contributed by atoms with Gasteiger partial charge in [-0.05, 0) is 30.0 Å². The highest BCUT2D eigenvalue weighted by Crippen LogP contribution is 2.20. The van der Waals surface area contributed by atoms with E-state index in [0.717, 1.165) is 17.7 Å². The summed E-state index contributed by atoms with van der Waals surface area (Å²) >= 11 is 0. The van der Waals surface area contributed by atoms with Gasteiger partial charge >= 0.3 is 0 Å². The highest BCUT2D eigenvalue weighted by Gasteiger charge is 2.03. The fourth-order valence-corrected chi connectivity index (χ4v) is 1.50. The molecule has 0 heterocycles. The summed E-state index contributed by atoms with van der Waals surface area (Å²) in [6.45, 7) is 3.35. The molecule has 3 nitrogen and oxygen atoms in total. The molecule has 15 heavy (non-hydrogen) atoms. The standard InChI is InChI=1S/C12H19NO2/c1-2-11-9-10(5-7-14)3-4-12(11)15-8-6-13/h3-4,9,14H,2,5-8,13H2,1H3. The molecule has 1 aromatic carbocycles. The van der Waals surface area contributed by atoms with Gasteiger partial charge in [0.1, 0.15) is 12.4 Å². The average Bonchev–Trinajstić information content (AvgIpc) is 2.27. The van der Waals surface area contributed by atoms with Crippen molar-refractivity contribution in [3.63, 3.8) is 0 Å². The summed E-state index contributed by atoms with van der Waals surface area (Å²) in [7, 11) is 0. The minimum atomic E-state index is 0.187. The van der Waals surface area contributed by atoms with E-state index in [1.165, 1.54) is 5.56 Å². The van der Waals surface area contributed by atoms with Crippen LogP contribution in [0, 0.1) is 0 Å². The summed E-state index contributed by atoms with van der Waals surface area (Å²) in [4.78, 5) is 0. The number of aliphatic hydroxyl groups excluding tert-OH is 1. The number of benzene rings is 1. The molecule has 0 bridgehead atoms. The lowest BCUT2D eigenvalue weighted by Gasteiger charge is -2.11. The maximum Gasteiger partial charge on any atom is 0.122 e. The monoisotopic (exact) mass is 209 g/mol. The highest BCUT2D eigenvalue weighted by molar-refractivity contribution is 5.37. The van der Waals surface area contributed by atoms with Gasteiger partial charge in [0.15, 0.2) is 0 Å². The molecule has 1 rings (SSSR count). The van der Waals surface area contributed by atoms with Gasteiger partial charge in [0.05, 0.1) is 0 Å². The fraction of sp³-hybridized carbons (Fsp3) is 0.500. The molecule has 0 aliphatic rings. The van der Waals surface area contributed by atoms with Crippen molar-refractivity contribution >= 4 is 0 Å². The van der Waals surface area contributed by atoms with E-state index in [2.05, 4.69) is 13.0 Å². The second kappa shape index (κ2) is 6.43. The van der Waals surface area contributed by atoms with E-state index >= 15 is 0 Å². The smallest absolute Gasteiger partial charge is 0.122 e. The molecule has 0 saturated heterocycles. The van der Waals surface area contributed by atoms with E-state index in [0.29, 0.717) is 19.6 Å². The Morgan fingerprint density at radius 2 is 2.20 bits per heavy atom. The summed E-state index contributed by atoms with van der Waals surface area (Å²) in [6.07, 6.45) is 1.63. The Kier molecular flexibility index (Phi) is 5.15. The van der Waals surface area contributed by atoms with Crippen molar-refractivity contribution in [2.45, 2.75) is 19.8 Å². The number of ether oxygens (including phenoxy) is 1. The molecule has 0 saturated carbocycles. The predicted molar refractivity (Wildman–Crippen MR) is 61.2 cm³/mol. The Morgan fingerprint density at radius 1 is 1.40 bits per heavy atom. The molecule has 0 spiro atoms. The van der Waals surface area contributed by atoms with E-state index in [1.54, 1.807) is 0 Å². The van der Waals surface area contributed by atoms with Crippen molar-refractivity contribution in [2.75, 3.05) is 19.8 Å². The van der Waals surface area contributed by atoms with Gasteiger partial charge in [-0.25, -0.2) is 0 Å². The third-order valence-electron chi connectivity index (χ3n) is 2.28. The van der Waals surface area contributed by atoms with E-state index in [1.807, 2.05) is 12.1 Å². The zero-order valence-corrected chi connectivity index (χ0v) is 9.20. The van der Waals surface area contributed by atoms with Crippen LogP contribution in [-0.2, 0) is 12.8 Å². The van der Waals surface area contributed by atoms with Crippen LogP contribution in [0.4, 0.5) is 0 Å². The van der Waals surface area contributed by atoms with Gasteiger partial charge in [-0.3, -0.25) is 0 Å². The zero-order valence-electron chi connectivity index (χ0n) is 9.20. The van der Waals surface area contributed by atoms with Gasteiger partial charge in [-0.15, -0.1) is 0 Å². The molecule has 3 heteroatoms. The van der Waals surface area contributed by atoms with Crippen LogP contribution >= 0.6 is 0 Å². The van der Waals surface area contributed by atoms with E-state index in [4.69, 9.17) is 15.6 Å². The van der Waals surface area contributed by atoms with Crippen LogP contribution in [0.2, 0.25) is 0 Å². The first-order chi connectivity index (χ1) is 7.31. The van der Waals surface area contributed by atoms with Crippen LogP contribution in [0.1, 0.15) is 18.1 Å². The second-order valence-electron chi connectivity index (χ2n) is 3.41. The van der Waals surface area contributed by atoms with Crippen molar-refractivity contribution in [3.8, 4) is 5.75 Å². The lowest BCUT2D eigenvalue weighted by atomic mass is 10.1. The van der Waals surface area contributed by atoms with Gasteiger partial charge < -0.3 is 15.6 Å². The number of aryl methyl sites for hydroxylation is 1. The summed E-state index contributed by atoms with van der Waals surface area (Å²) in [5, 5.41) is 8.85. The predicted octanol–water partition coefficient (Wildman–Crippen LogP) is 1.12. The maximum absolute atomic E-state index is 8.85. The maximum atomic E-state index is 8.85.